The van der Waals surface area contributed by atoms with Gasteiger partial charge in [0.1, 0.15) is 5.41 Å². The number of hydrogen-bond donors (Lipinski definition) is 2. The van der Waals surface area contributed by atoms with Crippen molar-refractivity contribution in [2.75, 3.05) is 12.4 Å². The Hall–Kier alpha value is -2.64. The third kappa shape index (κ3) is 3.02. The van der Waals surface area contributed by atoms with Crippen molar-refractivity contribution in [1.82, 2.24) is 0 Å². The van der Waals surface area contributed by atoms with Gasteiger partial charge in [0.25, 0.3) is 0 Å². The number of amides is 1. The fourth-order valence-corrected chi connectivity index (χ4v) is 1.29. The van der Waals surface area contributed by atoms with Gasteiger partial charge in [0.2, 0.25) is 5.91 Å². The van der Waals surface area contributed by atoms with Crippen LogP contribution in [0, 0.1) is 15.5 Å². The van der Waals surface area contributed by atoms with Crippen molar-refractivity contribution in [3.05, 3.63) is 28.3 Å². The summed E-state index contributed by atoms with van der Waals surface area (Å²) in [6.45, 7) is 2.48. The summed E-state index contributed by atoms with van der Waals surface area (Å²) in [6, 6.07) is 3.82. The van der Waals surface area contributed by atoms with E-state index in [9.17, 15) is 19.7 Å². The molecule has 0 saturated heterocycles. The average Bonchev–Trinajstić information content (AvgIpc) is 2.38. The number of nitro benzene ring substituents is 1. The minimum absolute atomic E-state index is 0.0468. The van der Waals surface area contributed by atoms with E-state index in [-0.39, 0.29) is 17.1 Å². The summed E-state index contributed by atoms with van der Waals surface area (Å²) in [6.07, 6.45) is 0. The van der Waals surface area contributed by atoms with Crippen LogP contribution in [0.5, 0.6) is 5.75 Å². The smallest absolute Gasteiger partial charge is 0.318 e. The molecule has 0 bridgehead atoms. The molecule has 1 amide bonds. The van der Waals surface area contributed by atoms with E-state index >= 15 is 0 Å². The molecule has 2 N–H and O–H groups in total. The molecular weight excluding hydrogens is 268 g/mol. The Morgan fingerprint density at radius 2 is 2.00 bits per heavy atom. The van der Waals surface area contributed by atoms with Crippen LogP contribution < -0.4 is 10.1 Å². The topological polar surface area (TPSA) is 119 Å². The van der Waals surface area contributed by atoms with Gasteiger partial charge in [-0.3, -0.25) is 19.7 Å². The van der Waals surface area contributed by atoms with E-state index < -0.39 is 22.2 Å². The number of benzene rings is 1. The number of anilines is 1. The van der Waals surface area contributed by atoms with Gasteiger partial charge in [0.05, 0.1) is 12.0 Å². The van der Waals surface area contributed by atoms with Crippen LogP contribution in [-0.4, -0.2) is 29.0 Å². The fraction of sp³-hybridized carbons (Fsp3) is 0.333. The van der Waals surface area contributed by atoms with Crippen molar-refractivity contribution in [3.63, 3.8) is 0 Å². The summed E-state index contributed by atoms with van der Waals surface area (Å²) in [5.74, 6) is -2.02. The number of nitro groups is 1. The number of nitrogens with zero attached hydrogens (tertiary/aromatic N) is 1. The molecular formula is C12H14N2O6. The van der Waals surface area contributed by atoms with Crippen LogP contribution in [0.25, 0.3) is 0 Å². The van der Waals surface area contributed by atoms with E-state index in [1.165, 1.54) is 33.1 Å². The Morgan fingerprint density at radius 3 is 2.45 bits per heavy atom. The zero-order valence-electron chi connectivity index (χ0n) is 11.2. The zero-order chi connectivity index (χ0) is 15.5. The molecule has 1 aromatic rings. The molecule has 0 aromatic heterocycles. The number of rotatable bonds is 5. The minimum atomic E-state index is -1.64. The van der Waals surface area contributed by atoms with Crippen LogP contribution in [0.15, 0.2) is 18.2 Å². The number of carboxylic acids is 1. The molecule has 0 saturated carbocycles. The van der Waals surface area contributed by atoms with Gasteiger partial charge >= 0.3 is 11.7 Å². The summed E-state index contributed by atoms with van der Waals surface area (Å²) in [7, 11) is 1.29. The third-order valence-corrected chi connectivity index (χ3v) is 2.74. The summed E-state index contributed by atoms with van der Waals surface area (Å²) >= 11 is 0. The van der Waals surface area contributed by atoms with Gasteiger partial charge in [-0.1, -0.05) is 0 Å². The number of nitrogens with one attached hydrogen (secondary N) is 1. The van der Waals surface area contributed by atoms with Gasteiger partial charge in [-0.15, -0.1) is 0 Å². The van der Waals surface area contributed by atoms with Gasteiger partial charge in [0, 0.05) is 11.8 Å². The number of hydrogen-bond acceptors (Lipinski definition) is 5. The lowest BCUT2D eigenvalue weighted by Gasteiger charge is -2.18. The lowest BCUT2D eigenvalue weighted by molar-refractivity contribution is -0.385. The summed E-state index contributed by atoms with van der Waals surface area (Å²) in [5, 5.41) is 22.1. The van der Waals surface area contributed by atoms with Crippen LogP contribution >= 0.6 is 0 Å². The van der Waals surface area contributed by atoms with Crippen molar-refractivity contribution in [2.45, 2.75) is 13.8 Å². The predicted octanol–water partition coefficient (Wildman–Crippen LogP) is 1.65. The normalized spacial score (nSPS) is 10.8. The molecule has 0 aliphatic carbocycles. The van der Waals surface area contributed by atoms with Gasteiger partial charge in [-0.25, -0.2) is 0 Å². The Balaban J connectivity index is 3.06. The van der Waals surface area contributed by atoms with Crippen molar-refractivity contribution >= 4 is 23.3 Å². The highest BCUT2D eigenvalue weighted by atomic mass is 16.6. The van der Waals surface area contributed by atoms with Gasteiger partial charge < -0.3 is 15.2 Å². The van der Waals surface area contributed by atoms with E-state index in [4.69, 9.17) is 9.84 Å². The molecule has 1 aromatic carbocycles. The Kier molecular flexibility index (Phi) is 4.28. The molecule has 0 atom stereocenters. The first-order valence-electron chi connectivity index (χ1n) is 5.57. The first-order valence-corrected chi connectivity index (χ1v) is 5.57. The molecule has 8 heteroatoms. The van der Waals surface area contributed by atoms with Crippen molar-refractivity contribution in [1.29, 1.82) is 0 Å². The number of carbonyl (C=O) groups excluding carboxylic acids is 1. The molecule has 0 spiro atoms. The highest BCUT2D eigenvalue weighted by molar-refractivity contribution is 6.07. The fourth-order valence-electron chi connectivity index (χ4n) is 1.29. The number of carbonyl (C=O) groups is 2. The van der Waals surface area contributed by atoms with Crippen LogP contribution in [0.1, 0.15) is 13.8 Å². The summed E-state index contributed by atoms with van der Waals surface area (Å²) < 4.78 is 4.82. The van der Waals surface area contributed by atoms with Crippen LogP contribution in [0.2, 0.25) is 0 Å². The average molecular weight is 282 g/mol. The van der Waals surface area contributed by atoms with Crippen molar-refractivity contribution in [2.24, 2.45) is 5.41 Å². The molecule has 0 heterocycles. The lowest BCUT2D eigenvalue weighted by Crippen LogP contribution is -2.37. The Morgan fingerprint density at radius 1 is 1.40 bits per heavy atom. The maximum Gasteiger partial charge on any atom is 0.318 e. The quantitative estimate of drug-likeness (QED) is 0.481. The number of aliphatic carboxylic acids is 1. The monoisotopic (exact) mass is 282 g/mol. The number of ether oxygens (including phenoxy) is 1. The van der Waals surface area contributed by atoms with Gasteiger partial charge in [0.15, 0.2) is 5.75 Å². The molecule has 0 fully saturated rings. The highest BCUT2D eigenvalue weighted by Crippen LogP contribution is 2.30. The number of methoxy groups -OCH3 is 1. The first-order chi connectivity index (χ1) is 9.20. The lowest BCUT2D eigenvalue weighted by atomic mass is 9.92. The van der Waals surface area contributed by atoms with E-state index in [1.54, 1.807) is 0 Å². The molecule has 0 aliphatic rings. The minimum Gasteiger partial charge on any atom is -0.490 e. The maximum atomic E-state index is 11.8. The Labute approximate surface area is 114 Å². The molecule has 108 valence electrons. The largest absolute Gasteiger partial charge is 0.490 e. The SMILES string of the molecule is COc1ccc(NC(=O)C(C)(C)C(=O)O)cc1[N+](=O)[O-]. The second-order valence-corrected chi connectivity index (χ2v) is 4.53. The molecule has 0 unspecified atom stereocenters. The third-order valence-electron chi connectivity index (χ3n) is 2.74. The molecule has 20 heavy (non-hydrogen) atoms. The van der Waals surface area contributed by atoms with Crippen LogP contribution in [0.3, 0.4) is 0 Å². The summed E-state index contributed by atoms with van der Waals surface area (Å²) in [5.41, 5.74) is -1.84. The molecule has 1 rings (SSSR count). The van der Waals surface area contributed by atoms with Gasteiger partial charge in [-0.2, -0.15) is 0 Å². The molecule has 0 radical (unpaired) electrons. The Bertz CT molecular complexity index is 567. The number of carboxylic acid groups (broad SMARTS) is 1. The highest BCUT2D eigenvalue weighted by Gasteiger charge is 2.36. The first kappa shape index (κ1) is 15.4. The molecule has 0 aliphatic heterocycles. The predicted molar refractivity (Wildman–Crippen MR) is 69.7 cm³/mol. The second-order valence-electron chi connectivity index (χ2n) is 4.53. The zero-order valence-corrected chi connectivity index (χ0v) is 11.2. The van der Waals surface area contributed by atoms with Crippen LogP contribution in [0.4, 0.5) is 11.4 Å². The van der Waals surface area contributed by atoms with E-state index in [2.05, 4.69) is 5.32 Å². The second kappa shape index (κ2) is 5.55. The standard InChI is InChI=1S/C12H14N2O6/c1-12(2,11(16)17)10(15)13-7-4-5-9(20-3)8(6-7)14(18)19/h4-6H,1-3H3,(H,13,15)(H,16,17). The van der Waals surface area contributed by atoms with E-state index in [0.717, 1.165) is 6.07 Å². The van der Waals surface area contributed by atoms with Gasteiger partial charge in [-0.05, 0) is 26.0 Å². The van der Waals surface area contributed by atoms with Crippen LogP contribution in [-0.2, 0) is 9.59 Å². The van der Waals surface area contributed by atoms with Crippen molar-refractivity contribution in [3.8, 4) is 5.75 Å². The van der Waals surface area contributed by atoms with E-state index in [0.29, 0.717) is 0 Å². The molecule has 8 nitrogen and oxygen atoms in total. The maximum absolute atomic E-state index is 11.8. The van der Waals surface area contributed by atoms with E-state index in [1.807, 2.05) is 0 Å². The summed E-state index contributed by atoms with van der Waals surface area (Å²) in [4.78, 5) is 32.9. The van der Waals surface area contributed by atoms with Crippen molar-refractivity contribution < 1.29 is 24.4 Å².